The molecule has 17 heavy (non-hydrogen) atoms. The predicted octanol–water partition coefficient (Wildman–Crippen LogP) is 2.22. The summed E-state index contributed by atoms with van der Waals surface area (Å²) in [7, 11) is 0. The monoisotopic (exact) mass is 231 g/mol. The van der Waals surface area contributed by atoms with Crippen molar-refractivity contribution < 1.29 is 9.59 Å². The first-order valence-electron chi connectivity index (χ1n) is 5.97. The van der Waals surface area contributed by atoms with Crippen LogP contribution in [0.5, 0.6) is 0 Å². The van der Waals surface area contributed by atoms with Crippen LogP contribution in [-0.2, 0) is 16.1 Å². The van der Waals surface area contributed by atoms with Crippen LogP contribution in [0, 0.1) is 11.8 Å². The summed E-state index contributed by atoms with van der Waals surface area (Å²) in [5.74, 6) is 0.0323. The molecule has 0 N–H and O–H groups in total. The van der Waals surface area contributed by atoms with E-state index < -0.39 is 0 Å². The second kappa shape index (κ2) is 4.70. The lowest BCUT2D eigenvalue weighted by atomic mass is 9.94. The van der Waals surface area contributed by atoms with Gasteiger partial charge in [-0.2, -0.15) is 0 Å². The summed E-state index contributed by atoms with van der Waals surface area (Å²) in [6.45, 7) is 4.38. The van der Waals surface area contributed by atoms with E-state index in [9.17, 15) is 9.59 Å². The molecule has 2 rings (SSSR count). The number of carbonyl (C=O) groups is 2. The molecule has 90 valence electrons. The van der Waals surface area contributed by atoms with Gasteiger partial charge in [0, 0.05) is 12.3 Å². The van der Waals surface area contributed by atoms with Crippen molar-refractivity contribution in [2.75, 3.05) is 0 Å². The van der Waals surface area contributed by atoms with Crippen molar-refractivity contribution in [2.45, 2.75) is 26.8 Å². The molecule has 1 aliphatic heterocycles. The van der Waals surface area contributed by atoms with Gasteiger partial charge in [0.1, 0.15) is 0 Å². The SMILES string of the molecule is CC(C)C1CC(=O)N(Cc2ccccc2)C1=O. The van der Waals surface area contributed by atoms with Gasteiger partial charge in [0.15, 0.2) is 0 Å². The van der Waals surface area contributed by atoms with Gasteiger partial charge in [-0.05, 0) is 11.5 Å². The maximum absolute atomic E-state index is 12.1. The molecule has 2 amide bonds. The largest absolute Gasteiger partial charge is 0.278 e. The number of nitrogens with zero attached hydrogens (tertiary/aromatic N) is 1. The Balaban J connectivity index is 2.12. The molecule has 0 saturated carbocycles. The summed E-state index contributed by atoms with van der Waals surface area (Å²) in [6.07, 6.45) is 0.364. The van der Waals surface area contributed by atoms with E-state index in [2.05, 4.69) is 0 Å². The molecule has 1 heterocycles. The highest BCUT2D eigenvalue weighted by Crippen LogP contribution is 2.27. The second-order valence-electron chi connectivity index (χ2n) is 4.86. The standard InChI is InChI=1S/C14H17NO2/c1-10(2)12-8-13(16)15(14(12)17)9-11-6-4-3-5-7-11/h3-7,10,12H,8-9H2,1-2H3. The molecule has 0 spiro atoms. The number of imide groups is 1. The van der Waals surface area contributed by atoms with E-state index in [1.807, 2.05) is 44.2 Å². The van der Waals surface area contributed by atoms with Crippen molar-refractivity contribution in [2.24, 2.45) is 11.8 Å². The molecule has 1 saturated heterocycles. The van der Waals surface area contributed by atoms with Crippen LogP contribution < -0.4 is 0 Å². The van der Waals surface area contributed by atoms with Gasteiger partial charge < -0.3 is 0 Å². The molecule has 1 atom stereocenters. The molecular formula is C14H17NO2. The van der Waals surface area contributed by atoms with Crippen LogP contribution in [0.1, 0.15) is 25.8 Å². The zero-order chi connectivity index (χ0) is 12.4. The molecule has 0 aliphatic carbocycles. The molecule has 0 bridgehead atoms. The first-order chi connectivity index (χ1) is 8.09. The maximum Gasteiger partial charge on any atom is 0.233 e. The smallest absolute Gasteiger partial charge is 0.233 e. The molecule has 3 nitrogen and oxygen atoms in total. The number of likely N-dealkylation sites (tertiary alicyclic amines) is 1. The summed E-state index contributed by atoms with van der Waals surface area (Å²) >= 11 is 0. The fraction of sp³-hybridized carbons (Fsp3) is 0.429. The molecule has 1 fully saturated rings. The number of amides is 2. The number of rotatable bonds is 3. The fourth-order valence-corrected chi connectivity index (χ4v) is 2.16. The molecule has 0 aromatic heterocycles. The van der Waals surface area contributed by atoms with Crippen LogP contribution in [0.25, 0.3) is 0 Å². The van der Waals surface area contributed by atoms with Gasteiger partial charge >= 0.3 is 0 Å². The van der Waals surface area contributed by atoms with Crippen LogP contribution >= 0.6 is 0 Å². The molecule has 1 unspecified atom stereocenters. The Morgan fingerprint density at radius 1 is 1.24 bits per heavy atom. The third-order valence-electron chi connectivity index (χ3n) is 3.27. The van der Waals surface area contributed by atoms with Crippen molar-refractivity contribution in [3.63, 3.8) is 0 Å². The summed E-state index contributed by atoms with van der Waals surface area (Å²) in [5.41, 5.74) is 0.999. The van der Waals surface area contributed by atoms with E-state index in [-0.39, 0.29) is 23.7 Å². The minimum Gasteiger partial charge on any atom is -0.278 e. The van der Waals surface area contributed by atoms with Crippen molar-refractivity contribution in [3.8, 4) is 0 Å². The summed E-state index contributed by atoms with van der Waals surface area (Å²) in [5, 5.41) is 0. The van der Waals surface area contributed by atoms with Crippen LogP contribution in [0.4, 0.5) is 0 Å². The van der Waals surface area contributed by atoms with Crippen LogP contribution in [0.2, 0.25) is 0 Å². The summed E-state index contributed by atoms with van der Waals surface area (Å²) in [6, 6.07) is 9.63. The third-order valence-corrected chi connectivity index (χ3v) is 3.27. The van der Waals surface area contributed by atoms with E-state index in [1.165, 1.54) is 4.90 Å². The van der Waals surface area contributed by atoms with Crippen LogP contribution in [-0.4, -0.2) is 16.7 Å². The van der Waals surface area contributed by atoms with Gasteiger partial charge in [-0.1, -0.05) is 44.2 Å². The first-order valence-corrected chi connectivity index (χ1v) is 5.97. The summed E-state index contributed by atoms with van der Waals surface area (Å²) in [4.78, 5) is 25.3. The van der Waals surface area contributed by atoms with Crippen LogP contribution in [0.15, 0.2) is 30.3 Å². The molecule has 1 aromatic carbocycles. The highest BCUT2D eigenvalue weighted by atomic mass is 16.2. The quantitative estimate of drug-likeness (QED) is 0.748. The molecule has 3 heteroatoms. The van der Waals surface area contributed by atoms with E-state index in [1.54, 1.807) is 0 Å². The van der Waals surface area contributed by atoms with Gasteiger partial charge in [-0.25, -0.2) is 0 Å². The number of hydrogen-bond acceptors (Lipinski definition) is 2. The molecule has 1 aromatic rings. The van der Waals surface area contributed by atoms with Gasteiger partial charge in [0.05, 0.1) is 6.54 Å². The van der Waals surface area contributed by atoms with E-state index in [0.29, 0.717) is 13.0 Å². The first kappa shape index (κ1) is 11.8. The number of carbonyl (C=O) groups excluding carboxylic acids is 2. The fourth-order valence-electron chi connectivity index (χ4n) is 2.16. The maximum atomic E-state index is 12.1. The average molecular weight is 231 g/mol. The Morgan fingerprint density at radius 2 is 1.88 bits per heavy atom. The van der Waals surface area contributed by atoms with Crippen molar-refractivity contribution >= 4 is 11.8 Å². The van der Waals surface area contributed by atoms with Crippen LogP contribution in [0.3, 0.4) is 0 Å². The third kappa shape index (κ3) is 2.38. The Labute approximate surface area is 101 Å². The lowest BCUT2D eigenvalue weighted by molar-refractivity contribution is -0.140. The Morgan fingerprint density at radius 3 is 2.41 bits per heavy atom. The van der Waals surface area contributed by atoms with Crippen molar-refractivity contribution in [1.82, 2.24) is 4.90 Å². The zero-order valence-electron chi connectivity index (χ0n) is 10.2. The minimum absolute atomic E-state index is 0.0196. The highest BCUT2D eigenvalue weighted by molar-refractivity contribution is 6.03. The average Bonchev–Trinajstić information content (AvgIpc) is 2.58. The topological polar surface area (TPSA) is 37.4 Å². The predicted molar refractivity (Wildman–Crippen MR) is 64.9 cm³/mol. The van der Waals surface area contributed by atoms with E-state index in [0.717, 1.165) is 5.56 Å². The van der Waals surface area contributed by atoms with Gasteiger partial charge in [-0.3, -0.25) is 14.5 Å². The minimum atomic E-state index is -0.133. The number of benzene rings is 1. The van der Waals surface area contributed by atoms with Gasteiger partial charge in [0.2, 0.25) is 11.8 Å². The van der Waals surface area contributed by atoms with E-state index >= 15 is 0 Å². The Bertz CT molecular complexity index is 425. The molecular weight excluding hydrogens is 214 g/mol. The van der Waals surface area contributed by atoms with Crippen molar-refractivity contribution in [3.05, 3.63) is 35.9 Å². The zero-order valence-corrected chi connectivity index (χ0v) is 10.2. The Kier molecular flexibility index (Phi) is 3.27. The normalized spacial score (nSPS) is 20.4. The number of hydrogen-bond donors (Lipinski definition) is 0. The second-order valence-corrected chi connectivity index (χ2v) is 4.86. The lowest BCUT2D eigenvalue weighted by Gasteiger charge is -2.16. The van der Waals surface area contributed by atoms with E-state index in [4.69, 9.17) is 0 Å². The van der Waals surface area contributed by atoms with Gasteiger partial charge in [-0.15, -0.1) is 0 Å². The lowest BCUT2D eigenvalue weighted by Crippen LogP contribution is -2.31. The van der Waals surface area contributed by atoms with Crippen molar-refractivity contribution in [1.29, 1.82) is 0 Å². The summed E-state index contributed by atoms with van der Waals surface area (Å²) < 4.78 is 0. The highest BCUT2D eigenvalue weighted by Gasteiger charge is 2.39. The Hall–Kier alpha value is -1.64. The van der Waals surface area contributed by atoms with Gasteiger partial charge in [0.25, 0.3) is 0 Å². The molecule has 1 aliphatic rings. The molecule has 0 radical (unpaired) electrons.